The van der Waals surface area contributed by atoms with Gasteiger partial charge in [0.2, 0.25) is 0 Å². The number of amides is 1. The Hall–Kier alpha value is -1.03. The number of nitrogens with one attached hydrogen (secondary N) is 2. The first-order chi connectivity index (χ1) is 4.75. The van der Waals surface area contributed by atoms with Gasteiger partial charge in [-0.2, -0.15) is 4.48 Å². The van der Waals surface area contributed by atoms with E-state index in [1.165, 1.54) is 0 Å². The van der Waals surface area contributed by atoms with Gasteiger partial charge in [0.25, 0.3) is 0 Å². The SMILES string of the molecule is N=C[N+]1(C=N)CCCC1=O. The third kappa shape index (κ3) is 0.769. The van der Waals surface area contributed by atoms with Crippen molar-refractivity contribution < 1.29 is 9.28 Å². The Labute approximate surface area is 59.1 Å². The monoisotopic (exact) mass is 140 g/mol. The summed E-state index contributed by atoms with van der Waals surface area (Å²) in [4.78, 5) is 11.0. The number of carbonyl (C=O) groups is 1. The summed E-state index contributed by atoms with van der Waals surface area (Å²) in [7, 11) is 0. The zero-order valence-corrected chi connectivity index (χ0v) is 5.63. The van der Waals surface area contributed by atoms with Gasteiger partial charge in [0, 0.05) is 6.42 Å². The first-order valence-corrected chi connectivity index (χ1v) is 3.19. The number of nitrogens with zero attached hydrogens (tertiary/aromatic N) is 1. The lowest BCUT2D eigenvalue weighted by Gasteiger charge is -2.16. The maximum Gasteiger partial charge on any atom is 0.325 e. The van der Waals surface area contributed by atoms with Crippen LogP contribution in [0.3, 0.4) is 0 Å². The molecule has 0 atom stereocenters. The Morgan fingerprint density at radius 1 is 1.40 bits per heavy atom. The molecule has 0 spiro atoms. The molecule has 1 aliphatic rings. The molecule has 1 amide bonds. The molecule has 1 saturated heterocycles. The lowest BCUT2D eigenvalue weighted by atomic mass is 10.4. The summed E-state index contributed by atoms with van der Waals surface area (Å²) in [5, 5.41) is 13.9. The van der Waals surface area contributed by atoms with Gasteiger partial charge < -0.3 is 0 Å². The van der Waals surface area contributed by atoms with Crippen molar-refractivity contribution in [2.75, 3.05) is 6.54 Å². The van der Waals surface area contributed by atoms with Crippen LogP contribution in [0, 0.1) is 10.8 Å². The van der Waals surface area contributed by atoms with E-state index in [4.69, 9.17) is 10.8 Å². The molecule has 0 bridgehead atoms. The molecule has 1 aliphatic heterocycles. The molecule has 1 fully saturated rings. The number of quaternary nitrogens is 1. The average Bonchev–Trinajstić information content (AvgIpc) is 2.32. The van der Waals surface area contributed by atoms with Crippen LogP contribution in [0.4, 0.5) is 0 Å². The highest BCUT2D eigenvalue weighted by Crippen LogP contribution is 2.15. The Balaban J connectivity index is 2.91. The summed E-state index contributed by atoms with van der Waals surface area (Å²) in [6.45, 7) is 0.589. The Morgan fingerprint density at radius 3 is 2.20 bits per heavy atom. The number of rotatable bonds is 2. The largest absolute Gasteiger partial charge is 0.325 e. The van der Waals surface area contributed by atoms with E-state index in [0.717, 1.165) is 19.1 Å². The number of hydrogen-bond acceptors (Lipinski definition) is 3. The quantitative estimate of drug-likeness (QED) is 0.324. The molecule has 0 aromatic heterocycles. The van der Waals surface area contributed by atoms with Gasteiger partial charge in [-0.3, -0.25) is 10.8 Å². The zero-order chi connectivity index (χ0) is 7.61. The fourth-order valence-corrected chi connectivity index (χ4v) is 1.14. The highest BCUT2D eigenvalue weighted by atomic mass is 16.2. The second kappa shape index (κ2) is 2.30. The van der Waals surface area contributed by atoms with Crippen LogP contribution in [0.25, 0.3) is 0 Å². The predicted octanol–water partition coefficient (Wildman–Crippen LogP) is 0.338. The molecule has 0 radical (unpaired) electrons. The van der Waals surface area contributed by atoms with E-state index in [-0.39, 0.29) is 10.4 Å². The molecule has 4 heteroatoms. The third-order valence-electron chi connectivity index (χ3n) is 1.84. The van der Waals surface area contributed by atoms with E-state index in [9.17, 15) is 4.79 Å². The molecule has 0 aliphatic carbocycles. The molecule has 54 valence electrons. The third-order valence-corrected chi connectivity index (χ3v) is 1.84. The van der Waals surface area contributed by atoms with E-state index in [1.807, 2.05) is 0 Å². The lowest BCUT2D eigenvalue weighted by molar-refractivity contribution is -0.641. The molecule has 0 unspecified atom stereocenters. The number of likely N-dealkylation sites (tertiary alicyclic amines) is 1. The predicted molar refractivity (Wildman–Crippen MR) is 36.9 cm³/mol. The van der Waals surface area contributed by atoms with Gasteiger partial charge in [-0.05, 0) is 0 Å². The average molecular weight is 140 g/mol. The molecule has 0 aromatic carbocycles. The topological polar surface area (TPSA) is 64.8 Å². The zero-order valence-electron chi connectivity index (χ0n) is 5.63. The second-order valence-electron chi connectivity index (χ2n) is 2.41. The minimum Gasteiger partial charge on any atom is -0.257 e. The van der Waals surface area contributed by atoms with Crippen molar-refractivity contribution in [1.29, 1.82) is 10.8 Å². The second-order valence-corrected chi connectivity index (χ2v) is 2.41. The maximum atomic E-state index is 11.0. The standard InChI is InChI=1S/C6H10N3O/c7-4-9(5-8)3-1-2-6(9)10/h4-5,7-8H,1-3H2/q+1. The van der Waals surface area contributed by atoms with Crippen LogP contribution in [0.5, 0.6) is 0 Å². The molecule has 0 aromatic rings. The van der Waals surface area contributed by atoms with Crippen molar-refractivity contribution in [2.24, 2.45) is 0 Å². The Bertz CT molecular complexity index is 179. The van der Waals surface area contributed by atoms with E-state index in [0.29, 0.717) is 13.0 Å². The van der Waals surface area contributed by atoms with Crippen molar-refractivity contribution in [2.45, 2.75) is 12.8 Å². The van der Waals surface area contributed by atoms with Gasteiger partial charge in [0.05, 0.1) is 13.0 Å². The van der Waals surface area contributed by atoms with Gasteiger partial charge >= 0.3 is 5.91 Å². The van der Waals surface area contributed by atoms with Gasteiger partial charge in [-0.1, -0.05) is 0 Å². The first kappa shape index (κ1) is 7.08. The van der Waals surface area contributed by atoms with Crippen LogP contribution < -0.4 is 0 Å². The van der Waals surface area contributed by atoms with Gasteiger partial charge in [0.15, 0.2) is 12.7 Å². The highest BCUT2D eigenvalue weighted by Gasteiger charge is 2.38. The molecular weight excluding hydrogens is 130 g/mol. The molecule has 4 nitrogen and oxygen atoms in total. The molecular formula is C6H10N3O+. The summed E-state index contributed by atoms with van der Waals surface area (Å²) in [6, 6.07) is 0. The Kier molecular flexibility index (Phi) is 1.63. The van der Waals surface area contributed by atoms with Crippen LogP contribution in [-0.4, -0.2) is 29.6 Å². The maximum absolute atomic E-state index is 11.0. The molecule has 1 rings (SSSR count). The minimum atomic E-state index is -0.181. The van der Waals surface area contributed by atoms with E-state index >= 15 is 0 Å². The molecule has 10 heavy (non-hydrogen) atoms. The molecule has 1 heterocycles. The van der Waals surface area contributed by atoms with Crippen molar-refractivity contribution in [3.63, 3.8) is 0 Å². The Morgan fingerprint density at radius 2 is 2.00 bits per heavy atom. The molecule has 0 saturated carbocycles. The number of hydrogen-bond donors (Lipinski definition) is 2. The smallest absolute Gasteiger partial charge is 0.257 e. The summed E-state index contributed by atoms with van der Waals surface area (Å²) in [6.07, 6.45) is 3.36. The lowest BCUT2D eigenvalue weighted by Crippen LogP contribution is -2.45. The van der Waals surface area contributed by atoms with Crippen molar-refractivity contribution in [1.82, 2.24) is 0 Å². The van der Waals surface area contributed by atoms with Crippen molar-refractivity contribution >= 4 is 18.6 Å². The van der Waals surface area contributed by atoms with E-state index in [2.05, 4.69) is 0 Å². The minimum absolute atomic E-state index is 0.0370. The first-order valence-electron chi connectivity index (χ1n) is 3.19. The van der Waals surface area contributed by atoms with Crippen molar-refractivity contribution in [3.05, 3.63) is 0 Å². The van der Waals surface area contributed by atoms with E-state index < -0.39 is 0 Å². The normalized spacial score (nSPS) is 32.2. The number of carbonyl (C=O) groups excluding carboxylic acids is 1. The van der Waals surface area contributed by atoms with Gasteiger partial charge in [-0.15, -0.1) is 0 Å². The fraction of sp³-hybridized carbons (Fsp3) is 0.500. The highest BCUT2D eigenvalue weighted by molar-refractivity contribution is 5.86. The summed E-state index contributed by atoms with van der Waals surface area (Å²) in [5.74, 6) is -0.0370. The van der Waals surface area contributed by atoms with Crippen LogP contribution in [0.15, 0.2) is 0 Å². The summed E-state index contributed by atoms with van der Waals surface area (Å²) >= 11 is 0. The van der Waals surface area contributed by atoms with Gasteiger partial charge in [-0.25, -0.2) is 4.79 Å². The van der Waals surface area contributed by atoms with Crippen LogP contribution in [0.1, 0.15) is 12.8 Å². The van der Waals surface area contributed by atoms with Crippen LogP contribution in [0.2, 0.25) is 0 Å². The fourth-order valence-electron chi connectivity index (χ4n) is 1.14. The molecule has 2 N–H and O–H groups in total. The van der Waals surface area contributed by atoms with Gasteiger partial charge in [0.1, 0.15) is 0 Å². The van der Waals surface area contributed by atoms with Crippen LogP contribution in [-0.2, 0) is 4.79 Å². The van der Waals surface area contributed by atoms with Crippen molar-refractivity contribution in [3.8, 4) is 0 Å². The summed E-state index contributed by atoms with van der Waals surface area (Å²) in [5.41, 5.74) is 0. The summed E-state index contributed by atoms with van der Waals surface area (Å²) < 4.78 is -0.181. The van der Waals surface area contributed by atoms with Crippen LogP contribution >= 0.6 is 0 Å². The van der Waals surface area contributed by atoms with E-state index in [1.54, 1.807) is 0 Å².